The van der Waals surface area contributed by atoms with E-state index in [0.717, 1.165) is 0 Å². The van der Waals surface area contributed by atoms with Crippen LogP contribution < -0.4 is 5.43 Å². The normalized spacial score (nSPS) is 11.4. The zero-order valence-electron chi connectivity index (χ0n) is 12.0. The molecule has 3 rings (SSSR count). The van der Waals surface area contributed by atoms with Crippen molar-refractivity contribution in [2.24, 2.45) is 0 Å². The highest BCUT2D eigenvalue weighted by Gasteiger charge is 2.24. The molecule has 0 bridgehead atoms. The number of hydrogen-bond acceptors (Lipinski definition) is 5. The third kappa shape index (κ3) is 2.68. The van der Waals surface area contributed by atoms with Gasteiger partial charge in [0, 0.05) is 26.2 Å². The third-order valence-electron chi connectivity index (χ3n) is 2.97. The second kappa shape index (κ2) is 5.67. The highest BCUT2D eigenvalue weighted by atomic mass is 35.5. The average Bonchev–Trinajstić information content (AvgIpc) is 2.88. The molecule has 2 aromatic heterocycles. The van der Waals surface area contributed by atoms with E-state index in [0.29, 0.717) is 12.1 Å². The minimum absolute atomic E-state index is 0.0895. The highest BCUT2D eigenvalue weighted by molar-refractivity contribution is 6.33. The monoisotopic (exact) mass is 342 g/mol. The molecule has 6 nitrogen and oxygen atoms in total. The van der Waals surface area contributed by atoms with Crippen LogP contribution in [-0.2, 0) is 0 Å². The van der Waals surface area contributed by atoms with Gasteiger partial charge < -0.3 is 5.43 Å². The Morgan fingerprint density at radius 1 is 1.13 bits per heavy atom. The van der Waals surface area contributed by atoms with E-state index in [-0.39, 0.29) is 22.3 Å². The number of rotatable bonds is 3. The standard InChI is InChI=1S/C13H10ClF3N6/c1-22(2)21-12-10(9-7(16)3-6(15)4-8(9)17)11(14)20-13-18-5-19-23(12)13/h3-5,21H,1-2H3. The predicted molar refractivity (Wildman–Crippen MR) is 78.4 cm³/mol. The number of nitrogens with one attached hydrogen (secondary N) is 1. The Morgan fingerprint density at radius 2 is 1.78 bits per heavy atom. The lowest BCUT2D eigenvalue weighted by Gasteiger charge is -2.19. The van der Waals surface area contributed by atoms with Gasteiger partial charge >= 0.3 is 0 Å². The lowest BCUT2D eigenvalue weighted by atomic mass is 10.1. The van der Waals surface area contributed by atoms with E-state index in [1.54, 1.807) is 14.1 Å². The molecule has 0 atom stereocenters. The van der Waals surface area contributed by atoms with E-state index in [1.165, 1.54) is 15.9 Å². The summed E-state index contributed by atoms with van der Waals surface area (Å²) in [5.74, 6) is -2.95. The summed E-state index contributed by atoms with van der Waals surface area (Å²) in [6.45, 7) is 0. The van der Waals surface area contributed by atoms with Gasteiger partial charge in [-0.15, -0.1) is 0 Å². The zero-order valence-corrected chi connectivity index (χ0v) is 12.7. The molecule has 0 unspecified atom stereocenters. The van der Waals surface area contributed by atoms with Crippen LogP contribution in [0.4, 0.5) is 19.0 Å². The van der Waals surface area contributed by atoms with Crippen molar-refractivity contribution < 1.29 is 13.2 Å². The number of halogens is 4. The molecule has 0 spiro atoms. The number of anilines is 1. The Balaban J connectivity index is 2.39. The van der Waals surface area contributed by atoms with Crippen molar-refractivity contribution in [3.05, 3.63) is 41.1 Å². The van der Waals surface area contributed by atoms with Crippen LogP contribution in [0.2, 0.25) is 5.15 Å². The van der Waals surface area contributed by atoms with Crippen LogP contribution in [0.25, 0.3) is 16.9 Å². The number of aromatic nitrogens is 4. The first-order valence-corrected chi connectivity index (χ1v) is 6.74. The molecule has 0 aliphatic heterocycles. The van der Waals surface area contributed by atoms with E-state index in [9.17, 15) is 13.2 Å². The third-order valence-corrected chi connectivity index (χ3v) is 3.24. The molecule has 23 heavy (non-hydrogen) atoms. The molecule has 0 saturated heterocycles. The van der Waals surface area contributed by atoms with Crippen molar-refractivity contribution >= 4 is 23.2 Å². The van der Waals surface area contributed by atoms with E-state index in [1.807, 2.05) is 0 Å². The van der Waals surface area contributed by atoms with Gasteiger partial charge in [-0.05, 0) is 0 Å². The molecule has 1 N–H and O–H groups in total. The maximum absolute atomic E-state index is 14.2. The SMILES string of the molecule is CN(C)Nc1c(-c2c(F)cc(F)cc2F)c(Cl)nc2ncnn12. The maximum atomic E-state index is 14.2. The second-order valence-corrected chi connectivity index (χ2v) is 5.21. The van der Waals surface area contributed by atoms with Crippen LogP contribution in [-0.4, -0.2) is 38.7 Å². The van der Waals surface area contributed by atoms with Gasteiger partial charge in [-0.1, -0.05) is 11.6 Å². The van der Waals surface area contributed by atoms with Crippen LogP contribution >= 0.6 is 11.6 Å². The molecule has 0 fully saturated rings. The van der Waals surface area contributed by atoms with Gasteiger partial charge in [0.15, 0.2) is 5.82 Å². The smallest absolute Gasteiger partial charge is 0.255 e. The fraction of sp³-hybridized carbons (Fsp3) is 0.154. The molecule has 0 radical (unpaired) electrons. The minimum atomic E-state index is -1.10. The fourth-order valence-corrected chi connectivity index (χ4v) is 2.39. The van der Waals surface area contributed by atoms with Crippen molar-refractivity contribution in [1.82, 2.24) is 24.6 Å². The first-order chi connectivity index (χ1) is 10.9. The molecular weight excluding hydrogens is 333 g/mol. The quantitative estimate of drug-likeness (QED) is 0.586. The van der Waals surface area contributed by atoms with Crippen molar-refractivity contribution in [3.8, 4) is 11.1 Å². The Kier molecular flexibility index (Phi) is 3.82. The minimum Gasteiger partial charge on any atom is -0.303 e. The number of hydrogen-bond donors (Lipinski definition) is 1. The summed E-state index contributed by atoms with van der Waals surface area (Å²) in [4.78, 5) is 7.85. The van der Waals surface area contributed by atoms with Gasteiger partial charge in [0.05, 0.1) is 11.1 Å². The topological polar surface area (TPSA) is 58.3 Å². The Morgan fingerprint density at radius 3 is 2.39 bits per heavy atom. The molecule has 10 heteroatoms. The zero-order chi connectivity index (χ0) is 16.7. The molecule has 0 saturated carbocycles. The summed E-state index contributed by atoms with van der Waals surface area (Å²) < 4.78 is 42.7. The van der Waals surface area contributed by atoms with Gasteiger partial charge in [-0.2, -0.15) is 19.6 Å². The summed E-state index contributed by atoms with van der Waals surface area (Å²) >= 11 is 6.09. The van der Waals surface area contributed by atoms with Crippen LogP contribution in [0, 0.1) is 17.5 Å². The van der Waals surface area contributed by atoms with Gasteiger partial charge in [-0.25, -0.2) is 18.2 Å². The Bertz CT molecular complexity index is 872. The van der Waals surface area contributed by atoms with Gasteiger partial charge in [0.2, 0.25) is 0 Å². The van der Waals surface area contributed by atoms with Crippen LogP contribution in [0.5, 0.6) is 0 Å². The second-order valence-electron chi connectivity index (χ2n) is 4.85. The predicted octanol–water partition coefficient (Wildman–Crippen LogP) is 2.75. The molecule has 120 valence electrons. The molecule has 1 aromatic carbocycles. The lowest BCUT2D eigenvalue weighted by molar-refractivity contribution is 0.489. The van der Waals surface area contributed by atoms with Crippen LogP contribution in [0.15, 0.2) is 18.5 Å². The van der Waals surface area contributed by atoms with E-state index >= 15 is 0 Å². The summed E-state index contributed by atoms with van der Waals surface area (Å²) in [6.07, 6.45) is 1.22. The van der Waals surface area contributed by atoms with Crippen molar-refractivity contribution in [2.45, 2.75) is 0 Å². The molecule has 0 aliphatic rings. The largest absolute Gasteiger partial charge is 0.303 e. The number of hydrazine groups is 1. The summed E-state index contributed by atoms with van der Waals surface area (Å²) in [6, 6.07) is 1.14. The number of benzene rings is 1. The molecule has 0 aliphatic carbocycles. The van der Waals surface area contributed by atoms with Crippen LogP contribution in [0.3, 0.4) is 0 Å². The van der Waals surface area contributed by atoms with Crippen molar-refractivity contribution in [2.75, 3.05) is 19.5 Å². The number of fused-ring (bicyclic) bond motifs is 1. The van der Waals surface area contributed by atoms with Gasteiger partial charge in [-0.3, -0.25) is 0 Å². The average molecular weight is 343 g/mol. The number of nitrogens with zero attached hydrogens (tertiary/aromatic N) is 5. The van der Waals surface area contributed by atoms with E-state index < -0.39 is 23.0 Å². The van der Waals surface area contributed by atoms with Crippen molar-refractivity contribution in [3.63, 3.8) is 0 Å². The van der Waals surface area contributed by atoms with Crippen molar-refractivity contribution in [1.29, 1.82) is 0 Å². The first kappa shape index (κ1) is 15.5. The van der Waals surface area contributed by atoms with Crippen LogP contribution in [0.1, 0.15) is 0 Å². The molecular formula is C13H10ClF3N6. The van der Waals surface area contributed by atoms with Gasteiger partial charge in [0.1, 0.15) is 28.9 Å². The first-order valence-electron chi connectivity index (χ1n) is 6.36. The lowest BCUT2D eigenvalue weighted by Crippen LogP contribution is -2.23. The summed E-state index contributed by atoms with van der Waals surface area (Å²) in [5, 5.41) is 5.28. The van der Waals surface area contributed by atoms with Gasteiger partial charge in [0.25, 0.3) is 5.78 Å². The maximum Gasteiger partial charge on any atom is 0.255 e. The summed E-state index contributed by atoms with van der Waals surface area (Å²) in [7, 11) is 3.33. The Labute approximate surface area is 133 Å². The highest BCUT2D eigenvalue weighted by Crippen LogP contribution is 2.37. The molecule has 0 amide bonds. The molecule has 2 heterocycles. The van der Waals surface area contributed by atoms with E-state index in [4.69, 9.17) is 11.6 Å². The fourth-order valence-electron chi connectivity index (χ4n) is 2.13. The Hall–Kier alpha value is -2.39. The van der Waals surface area contributed by atoms with E-state index in [2.05, 4.69) is 20.5 Å². The molecule has 3 aromatic rings. The summed E-state index contributed by atoms with van der Waals surface area (Å²) in [5.41, 5.74) is 2.25.